The fourth-order valence-corrected chi connectivity index (χ4v) is 1.96. The van der Waals surface area contributed by atoms with Crippen molar-refractivity contribution in [3.05, 3.63) is 35.1 Å². The number of benzene rings is 1. The van der Waals surface area contributed by atoms with Gasteiger partial charge in [0.1, 0.15) is 11.4 Å². The molecule has 6 nitrogen and oxygen atoms in total. The van der Waals surface area contributed by atoms with Gasteiger partial charge in [0.15, 0.2) is 0 Å². The minimum absolute atomic E-state index is 0.0272. The number of alkyl carbamates (subject to hydrolysis) is 1. The van der Waals surface area contributed by atoms with Crippen LogP contribution >= 0.6 is 0 Å². The van der Waals surface area contributed by atoms with Gasteiger partial charge in [0, 0.05) is 19.6 Å². The van der Waals surface area contributed by atoms with Crippen molar-refractivity contribution in [3.63, 3.8) is 0 Å². The molecular weight excluding hydrogens is 301 g/mol. The van der Waals surface area contributed by atoms with Crippen LogP contribution in [0.4, 0.5) is 9.18 Å². The fraction of sp³-hybridized carbons (Fsp3) is 0.500. The third-order valence-electron chi connectivity index (χ3n) is 2.99. The minimum Gasteiger partial charge on any atom is -0.444 e. The lowest BCUT2D eigenvalue weighted by Crippen LogP contribution is -2.44. The summed E-state index contributed by atoms with van der Waals surface area (Å²) < 4.78 is 19.1. The number of carbonyl (C=O) groups is 2. The third-order valence-corrected chi connectivity index (χ3v) is 2.99. The molecule has 0 aromatic heterocycles. The molecule has 0 fully saturated rings. The molecule has 0 spiro atoms. The van der Waals surface area contributed by atoms with E-state index in [9.17, 15) is 14.0 Å². The van der Waals surface area contributed by atoms with Crippen LogP contribution in [0.15, 0.2) is 18.2 Å². The highest BCUT2D eigenvalue weighted by Gasteiger charge is 2.19. The highest BCUT2D eigenvalue weighted by atomic mass is 19.1. The summed E-state index contributed by atoms with van der Waals surface area (Å²) in [4.78, 5) is 23.2. The molecule has 1 aromatic rings. The lowest BCUT2D eigenvalue weighted by Gasteiger charge is -2.23. The Hall–Kier alpha value is -2.15. The number of amides is 2. The normalized spacial score (nSPS) is 12.4. The quantitative estimate of drug-likeness (QED) is 0.766. The van der Waals surface area contributed by atoms with Gasteiger partial charge in [-0.1, -0.05) is 6.07 Å². The summed E-state index contributed by atoms with van der Waals surface area (Å²) in [5.74, 6) is -1.11. The van der Waals surface area contributed by atoms with Gasteiger partial charge in [-0.05, 0) is 44.9 Å². The average molecular weight is 325 g/mol. The molecule has 0 saturated heterocycles. The van der Waals surface area contributed by atoms with Crippen molar-refractivity contribution in [2.75, 3.05) is 13.6 Å². The fourth-order valence-electron chi connectivity index (χ4n) is 1.96. The standard InChI is InChI=1S/C16H24FN3O3/c1-16(2,3)23-15(22)20-11(9-18)7-10-5-6-12(13(17)8-10)14(21)19-4/h5-6,8,11H,7,9,18H2,1-4H3,(H,19,21)(H,20,22)/t11-/m0/s1. The first-order valence-corrected chi connectivity index (χ1v) is 7.36. The van der Waals surface area contributed by atoms with Crippen molar-refractivity contribution in [2.45, 2.75) is 38.8 Å². The van der Waals surface area contributed by atoms with E-state index in [1.54, 1.807) is 26.8 Å². The van der Waals surface area contributed by atoms with Crippen LogP contribution in [0.3, 0.4) is 0 Å². The van der Waals surface area contributed by atoms with Crippen LogP contribution in [0.25, 0.3) is 0 Å². The zero-order chi connectivity index (χ0) is 17.6. The summed E-state index contributed by atoms with van der Waals surface area (Å²) in [7, 11) is 1.44. The molecule has 0 aliphatic carbocycles. The maximum atomic E-state index is 13.9. The summed E-state index contributed by atoms with van der Waals surface area (Å²) in [6.45, 7) is 5.46. The van der Waals surface area contributed by atoms with E-state index in [4.69, 9.17) is 10.5 Å². The summed E-state index contributed by atoms with van der Waals surface area (Å²) in [6.07, 6.45) is -0.240. The van der Waals surface area contributed by atoms with E-state index in [2.05, 4.69) is 10.6 Å². The van der Waals surface area contributed by atoms with Gasteiger partial charge < -0.3 is 21.1 Å². The molecule has 2 amide bonds. The molecule has 23 heavy (non-hydrogen) atoms. The Bertz CT molecular complexity index is 570. The minimum atomic E-state index is -0.616. The predicted octanol–water partition coefficient (Wildman–Crippen LogP) is 1.58. The SMILES string of the molecule is CNC(=O)c1ccc(C[C@@H](CN)NC(=O)OC(C)(C)C)cc1F. The molecule has 1 rings (SSSR count). The number of carbonyl (C=O) groups excluding carboxylic acids is 2. The van der Waals surface area contributed by atoms with Crippen LogP contribution < -0.4 is 16.4 Å². The molecule has 128 valence electrons. The molecule has 0 aliphatic rings. The van der Waals surface area contributed by atoms with Crippen molar-refractivity contribution in [1.82, 2.24) is 10.6 Å². The number of rotatable bonds is 5. The molecule has 0 heterocycles. The molecule has 0 aliphatic heterocycles. The van der Waals surface area contributed by atoms with E-state index < -0.39 is 29.5 Å². The first-order valence-electron chi connectivity index (χ1n) is 7.36. The van der Waals surface area contributed by atoms with Crippen molar-refractivity contribution < 1.29 is 18.7 Å². The van der Waals surface area contributed by atoms with Gasteiger partial charge >= 0.3 is 6.09 Å². The lowest BCUT2D eigenvalue weighted by molar-refractivity contribution is 0.0506. The largest absolute Gasteiger partial charge is 0.444 e. The summed E-state index contributed by atoms with van der Waals surface area (Å²) >= 11 is 0. The van der Waals surface area contributed by atoms with E-state index in [0.717, 1.165) is 0 Å². The van der Waals surface area contributed by atoms with E-state index >= 15 is 0 Å². The Balaban J connectivity index is 2.74. The van der Waals surface area contributed by atoms with Gasteiger partial charge in [0.05, 0.1) is 5.56 Å². The molecule has 1 atom stereocenters. The lowest BCUT2D eigenvalue weighted by atomic mass is 10.0. The summed E-state index contributed by atoms with van der Waals surface area (Å²) in [5, 5.41) is 5.02. The number of nitrogens with one attached hydrogen (secondary N) is 2. The Morgan fingerprint density at radius 1 is 1.35 bits per heavy atom. The first kappa shape index (κ1) is 18.9. The van der Waals surface area contributed by atoms with Crippen molar-refractivity contribution >= 4 is 12.0 Å². The molecule has 1 aromatic carbocycles. The van der Waals surface area contributed by atoms with Crippen molar-refractivity contribution in [1.29, 1.82) is 0 Å². The van der Waals surface area contributed by atoms with Crippen molar-refractivity contribution in [2.24, 2.45) is 5.73 Å². The van der Waals surface area contributed by atoms with Crippen LogP contribution in [0.1, 0.15) is 36.7 Å². The molecule has 0 unspecified atom stereocenters. The molecule has 4 N–H and O–H groups in total. The Kier molecular flexibility index (Phi) is 6.50. The second-order valence-electron chi connectivity index (χ2n) is 6.18. The van der Waals surface area contributed by atoms with E-state index in [-0.39, 0.29) is 12.1 Å². The van der Waals surface area contributed by atoms with Crippen LogP contribution in [-0.4, -0.2) is 37.2 Å². The van der Waals surface area contributed by atoms with E-state index in [0.29, 0.717) is 12.0 Å². The van der Waals surface area contributed by atoms with E-state index in [1.807, 2.05) is 0 Å². The van der Waals surface area contributed by atoms with Gasteiger partial charge in [0.2, 0.25) is 0 Å². The first-order chi connectivity index (χ1) is 10.7. The number of hydrogen-bond donors (Lipinski definition) is 3. The molecule has 7 heteroatoms. The van der Waals surface area contributed by atoms with Crippen molar-refractivity contribution in [3.8, 4) is 0 Å². The summed E-state index contributed by atoms with van der Waals surface area (Å²) in [6, 6.07) is 3.91. The number of ether oxygens (including phenoxy) is 1. The van der Waals surface area contributed by atoms with E-state index in [1.165, 1.54) is 19.2 Å². The van der Waals surface area contributed by atoms with Crippen LogP contribution in [-0.2, 0) is 11.2 Å². The van der Waals surface area contributed by atoms with Crippen LogP contribution in [0.5, 0.6) is 0 Å². The predicted molar refractivity (Wildman–Crippen MR) is 85.7 cm³/mol. The van der Waals surface area contributed by atoms with Gasteiger partial charge in [0.25, 0.3) is 5.91 Å². The highest BCUT2D eigenvalue weighted by Crippen LogP contribution is 2.13. The Morgan fingerprint density at radius 2 is 2.00 bits per heavy atom. The second-order valence-corrected chi connectivity index (χ2v) is 6.18. The number of hydrogen-bond acceptors (Lipinski definition) is 4. The maximum absolute atomic E-state index is 13.9. The Labute approximate surface area is 135 Å². The van der Waals surface area contributed by atoms with Gasteiger partial charge in [-0.25, -0.2) is 9.18 Å². The van der Waals surface area contributed by atoms with Gasteiger partial charge in [-0.3, -0.25) is 4.79 Å². The Morgan fingerprint density at radius 3 is 2.48 bits per heavy atom. The second kappa shape index (κ2) is 7.92. The van der Waals surface area contributed by atoms with Gasteiger partial charge in [-0.15, -0.1) is 0 Å². The number of nitrogens with two attached hydrogens (primary N) is 1. The highest BCUT2D eigenvalue weighted by molar-refractivity contribution is 5.94. The molecule has 0 saturated carbocycles. The van der Waals surface area contributed by atoms with Crippen LogP contribution in [0.2, 0.25) is 0 Å². The summed E-state index contributed by atoms with van der Waals surface area (Å²) in [5.41, 5.74) is 5.63. The average Bonchev–Trinajstić information content (AvgIpc) is 2.44. The number of halogens is 1. The zero-order valence-electron chi connectivity index (χ0n) is 13.9. The van der Waals surface area contributed by atoms with Crippen LogP contribution in [0, 0.1) is 5.82 Å². The molecular formula is C16H24FN3O3. The molecule has 0 radical (unpaired) electrons. The third kappa shape index (κ3) is 6.23. The topological polar surface area (TPSA) is 93.5 Å². The maximum Gasteiger partial charge on any atom is 0.407 e. The van der Waals surface area contributed by atoms with Gasteiger partial charge in [-0.2, -0.15) is 0 Å². The smallest absolute Gasteiger partial charge is 0.407 e. The monoisotopic (exact) mass is 325 g/mol. The zero-order valence-corrected chi connectivity index (χ0v) is 13.9. The molecule has 0 bridgehead atoms.